The Morgan fingerprint density at radius 1 is 1.20 bits per heavy atom. The van der Waals surface area contributed by atoms with Gasteiger partial charge in [0.05, 0.1) is 0 Å². The number of rotatable bonds is 3. The molecule has 1 heteroatoms. The fraction of sp³-hybridized carbons (Fsp3) is 0.500. The van der Waals surface area contributed by atoms with Gasteiger partial charge in [-0.05, 0) is 30.2 Å². The number of aldehydes is 1. The highest BCUT2D eigenvalue weighted by Crippen LogP contribution is 2.36. The predicted molar refractivity (Wildman–Crippen MR) is 62.2 cm³/mol. The van der Waals surface area contributed by atoms with Gasteiger partial charge in [-0.15, -0.1) is 0 Å². The van der Waals surface area contributed by atoms with Crippen LogP contribution in [0, 0.1) is 5.92 Å². The van der Waals surface area contributed by atoms with Gasteiger partial charge in [0.1, 0.15) is 6.29 Å². The molecule has 80 valence electrons. The maximum Gasteiger partial charge on any atom is 0.150 e. The maximum absolute atomic E-state index is 10.5. The van der Waals surface area contributed by atoms with Crippen LogP contribution in [-0.2, 0) is 0 Å². The van der Waals surface area contributed by atoms with Crippen molar-refractivity contribution >= 4 is 6.29 Å². The van der Waals surface area contributed by atoms with E-state index in [1.54, 1.807) is 0 Å². The Balaban J connectivity index is 2.10. The third-order valence-electron chi connectivity index (χ3n) is 3.71. The van der Waals surface area contributed by atoms with Crippen LogP contribution in [0.5, 0.6) is 0 Å². The Kier molecular flexibility index (Phi) is 3.20. The van der Waals surface area contributed by atoms with Crippen molar-refractivity contribution in [3.8, 4) is 0 Å². The molecule has 0 heterocycles. The third-order valence-corrected chi connectivity index (χ3v) is 3.71. The lowest BCUT2D eigenvalue weighted by molar-refractivity contribution is 0.112. The average Bonchev–Trinajstić information content (AvgIpc) is 2.82. The summed E-state index contributed by atoms with van der Waals surface area (Å²) in [6.07, 6.45) is 6.43. The molecule has 0 amide bonds. The molecule has 1 aromatic rings. The number of hydrogen-bond donors (Lipinski definition) is 0. The molecule has 1 aliphatic carbocycles. The van der Waals surface area contributed by atoms with Crippen LogP contribution in [0.15, 0.2) is 24.3 Å². The van der Waals surface area contributed by atoms with Gasteiger partial charge >= 0.3 is 0 Å². The first kappa shape index (κ1) is 10.4. The number of hydrogen-bond acceptors (Lipinski definition) is 1. The normalized spacial score (nSPS) is 19.0. The summed E-state index contributed by atoms with van der Waals surface area (Å²) in [4.78, 5) is 10.5. The van der Waals surface area contributed by atoms with E-state index in [4.69, 9.17) is 0 Å². The van der Waals surface area contributed by atoms with Crippen molar-refractivity contribution < 1.29 is 4.79 Å². The van der Waals surface area contributed by atoms with Gasteiger partial charge in [-0.3, -0.25) is 4.79 Å². The minimum absolute atomic E-state index is 0.646. The topological polar surface area (TPSA) is 17.1 Å². The minimum Gasteiger partial charge on any atom is -0.298 e. The van der Waals surface area contributed by atoms with Gasteiger partial charge in [-0.2, -0.15) is 0 Å². The first-order valence-corrected chi connectivity index (χ1v) is 5.86. The van der Waals surface area contributed by atoms with Gasteiger partial charge in [-0.25, -0.2) is 0 Å². The van der Waals surface area contributed by atoms with Gasteiger partial charge in [0, 0.05) is 5.56 Å². The van der Waals surface area contributed by atoms with E-state index in [-0.39, 0.29) is 0 Å². The first-order valence-electron chi connectivity index (χ1n) is 5.86. The Morgan fingerprint density at radius 3 is 2.33 bits per heavy atom. The second-order valence-corrected chi connectivity index (χ2v) is 4.62. The van der Waals surface area contributed by atoms with Gasteiger partial charge in [-0.1, -0.05) is 44.0 Å². The van der Waals surface area contributed by atoms with Gasteiger partial charge in [0.2, 0.25) is 0 Å². The molecule has 1 fully saturated rings. The predicted octanol–water partition coefficient (Wildman–Crippen LogP) is 3.79. The van der Waals surface area contributed by atoms with E-state index >= 15 is 0 Å². The molecule has 0 N–H and O–H groups in total. The second kappa shape index (κ2) is 4.61. The quantitative estimate of drug-likeness (QED) is 0.681. The van der Waals surface area contributed by atoms with E-state index in [9.17, 15) is 4.79 Å². The molecule has 0 unspecified atom stereocenters. The molecular weight excluding hydrogens is 184 g/mol. The van der Waals surface area contributed by atoms with Crippen molar-refractivity contribution in [1.82, 2.24) is 0 Å². The number of benzene rings is 1. The van der Waals surface area contributed by atoms with Crippen molar-refractivity contribution in [3.05, 3.63) is 35.4 Å². The minimum atomic E-state index is 0.646. The van der Waals surface area contributed by atoms with E-state index in [0.29, 0.717) is 5.92 Å². The van der Waals surface area contributed by atoms with E-state index in [1.165, 1.54) is 31.2 Å². The number of carbonyl (C=O) groups is 1. The zero-order chi connectivity index (χ0) is 10.7. The zero-order valence-electron chi connectivity index (χ0n) is 9.28. The Labute approximate surface area is 91.5 Å². The molecule has 1 saturated carbocycles. The molecule has 0 spiro atoms. The fourth-order valence-electron chi connectivity index (χ4n) is 2.61. The smallest absolute Gasteiger partial charge is 0.150 e. The van der Waals surface area contributed by atoms with Crippen LogP contribution in [0.3, 0.4) is 0 Å². The summed E-state index contributed by atoms with van der Waals surface area (Å²) < 4.78 is 0. The van der Waals surface area contributed by atoms with Crippen LogP contribution in [0.2, 0.25) is 0 Å². The van der Waals surface area contributed by atoms with Crippen molar-refractivity contribution in [2.75, 3.05) is 0 Å². The van der Waals surface area contributed by atoms with Gasteiger partial charge < -0.3 is 0 Å². The molecule has 1 aromatic carbocycles. The standard InChI is InChI=1S/C14H18O/c1-11(13-4-2-3-5-13)14-8-6-12(10-15)7-9-14/h6-11,13H,2-5H2,1H3/t11-/m1/s1. The summed E-state index contributed by atoms with van der Waals surface area (Å²) in [5.74, 6) is 1.50. The van der Waals surface area contributed by atoms with Gasteiger partial charge in [0.15, 0.2) is 0 Å². The molecule has 1 atom stereocenters. The van der Waals surface area contributed by atoms with Crippen LogP contribution in [0.25, 0.3) is 0 Å². The summed E-state index contributed by atoms with van der Waals surface area (Å²) in [6.45, 7) is 2.31. The largest absolute Gasteiger partial charge is 0.298 e. The summed E-state index contributed by atoms with van der Waals surface area (Å²) in [6, 6.07) is 8.06. The summed E-state index contributed by atoms with van der Waals surface area (Å²) in [5, 5.41) is 0. The van der Waals surface area contributed by atoms with E-state index in [1.807, 2.05) is 12.1 Å². The highest BCUT2D eigenvalue weighted by Gasteiger charge is 2.22. The zero-order valence-corrected chi connectivity index (χ0v) is 9.28. The molecule has 2 rings (SSSR count). The Hall–Kier alpha value is -1.11. The average molecular weight is 202 g/mol. The van der Waals surface area contributed by atoms with Crippen LogP contribution >= 0.6 is 0 Å². The maximum atomic E-state index is 10.5. The van der Waals surface area contributed by atoms with Crippen LogP contribution < -0.4 is 0 Å². The highest BCUT2D eigenvalue weighted by atomic mass is 16.1. The second-order valence-electron chi connectivity index (χ2n) is 4.62. The SMILES string of the molecule is C[C@@H](c1ccc(C=O)cc1)C1CCCC1. The summed E-state index contributed by atoms with van der Waals surface area (Å²) in [7, 11) is 0. The molecule has 0 bridgehead atoms. The van der Waals surface area contributed by atoms with E-state index < -0.39 is 0 Å². The van der Waals surface area contributed by atoms with E-state index in [2.05, 4.69) is 19.1 Å². The molecular formula is C14H18O. The molecule has 0 saturated heterocycles. The molecule has 1 aliphatic rings. The molecule has 15 heavy (non-hydrogen) atoms. The fourth-order valence-corrected chi connectivity index (χ4v) is 2.61. The van der Waals surface area contributed by atoms with E-state index in [0.717, 1.165) is 17.8 Å². The lowest BCUT2D eigenvalue weighted by atomic mass is 9.86. The lowest BCUT2D eigenvalue weighted by Crippen LogP contribution is -2.05. The third kappa shape index (κ3) is 2.28. The van der Waals surface area contributed by atoms with Crippen LogP contribution in [0.4, 0.5) is 0 Å². The first-order chi connectivity index (χ1) is 7.31. The highest BCUT2D eigenvalue weighted by molar-refractivity contribution is 5.74. The van der Waals surface area contributed by atoms with Crippen molar-refractivity contribution in [2.45, 2.75) is 38.5 Å². The van der Waals surface area contributed by atoms with Gasteiger partial charge in [0.25, 0.3) is 0 Å². The molecule has 0 radical (unpaired) electrons. The van der Waals surface area contributed by atoms with Crippen LogP contribution in [0.1, 0.15) is 54.4 Å². The Bertz CT molecular complexity index is 320. The lowest BCUT2D eigenvalue weighted by Gasteiger charge is -2.19. The number of carbonyl (C=O) groups excluding carboxylic acids is 1. The molecule has 1 nitrogen and oxygen atoms in total. The summed E-state index contributed by atoms with van der Waals surface area (Å²) >= 11 is 0. The molecule has 0 aromatic heterocycles. The van der Waals surface area contributed by atoms with Crippen molar-refractivity contribution in [2.24, 2.45) is 5.92 Å². The van der Waals surface area contributed by atoms with Crippen molar-refractivity contribution in [1.29, 1.82) is 0 Å². The summed E-state index contributed by atoms with van der Waals surface area (Å²) in [5.41, 5.74) is 2.16. The molecule has 0 aliphatic heterocycles. The Morgan fingerprint density at radius 2 is 1.80 bits per heavy atom. The monoisotopic (exact) mass is 202 g/mol. The van der Waals surface area contributed by atoms with Crippen molar-refractivity contribution in [3.63, 3.8) is 0 Å². The van der Waals surface area contributed by atoms with Crippen LogP contribution in [-0.4, -0.2) is 6.29 Å².